The lowest BCUT2D eigenvalue weighted by Gasteiger charge is -2.21. The molecule has 0 radical (unpaired) electrons. The number of nitrogens with one attached hydrogen (secondary N) is 2. The molecule has 0 fully saturated rings. The maximum atomic E-state index is 13.1. The van der Waals surface area contributed by atoms with Crippen LogP contribution in [0.4, 0.5) is 10.1 Å². The number of benzene rings is 2. The van der Waals surface area contributed by atoms with E-state index in [-0.39, 0.29) is 17.1 Å². The van der Waals surface area contributed by atoms with Crippen LogP contribution >= 0.6 is 11.8 Å². The molecule has 2 aromatic carbocycles. The second kappa shape index (κ2) is 7.05. The zero-order valence-corrected chi connectivity index (χ0v) is 14.0. The fraction of sp³-hybridized carbons (Fsp3) is 0.222. The molecule has 2 amide bonds. The summed E-state index contributed by atoms with van der Waals surface area (Å²) in [5.74, 6) is -0.728. The summed E-state index contributed by atoms with van der Waals surface area (Å²) < 4.78 is 13.1. The Morgan fingerprint density at radius 3 is 2.92 bits per heavy atom. The molecule has 24 heavy (non-hydrogen) atoms. The van der Waals surface area contributed by atoms with Gasteiger partial charge in [0.2, 0.25) is 5.91 Å². The third-order valence-electron chi connectivity index (χ3n) is 3.76. The van der Waals surface area contributed by atoms with Crippen molar-refractivity contribution in [3.63, 3.8) is 0 Å². The Morgan fingerprint density at radius 1 is 1.29 bits per heavy atom. The number of carbonyl (C=O) groups is 2. The Kier molecular flexibility index (Phi) is 4.85. The minimum atomic E-state index is -0.431. The molecule has 1 atom stereocenters. The Morgan fingerprint density at radius 2 is 2.12 bits per heavy atom. The van der Waals surface area contributed by atoms with Crippen molar-refractivity contribution < 1.29 is 14.0 Å². The highest BCUT2D eigenvalue weighted by Crippen LogP contribution is 2.35. The summed E-state index contributed by atoms with van der Waals surface area (Å²) in [6.07, 6.45) is 0.629. The van der Waals surface area contributed by atoms with Crippen molar-refractivity contribution in [1.29, 1.82) is 0 Å². The van der Waals surface area contributed by atoms with Crippen LogP contribution in [0.15, 0.2) is 47.4 Å². The summed E-state index contributed by atoms with van der Waals surface area (Å²) in [6.45, 7) is 2.31. The van der Waals surface area contributed by atoms with Crippen LogP contribution in [-0.4, -0.2) is 23.6 Å². The van der Waals surface area contributed by atoms with Gasteiger partial charge in [0.15, 0.2) is 0 Å². The third-order valence-corrected chi connectivity index (χ3v) is 4.94. The minimum absolute atomic E-state index is 0.00376. The minimum Gasteiger partial charge on any atom is -0.352 e. The second-order valence-corrected chi connectivity index (χ2v) is 6.98. The topological polar surface area (TPSA) is 58.2 Å². The Labute approximate surface area is 143 Å². The average Bonchev–Trinajstić information content (AvgIpc) is 2.56. The van der Waals surface area contributed by atoms with E-state index in [1.807, 2.05) is 25.1 Å². The predicted octanol–water partition coefficient (Wildman–Crippen LogP) is 3.23. The van der Waals surface area contributed by atoms with E-state index < -0.39 is 5.82 Å². The van der Waals surface area contributed by atoms with Crippen molar-refractivity contribution in [2.45, 2.75) is 23.5 Å². The lowest BCUT2D eigenvalue weighted by atomic mass is 10.1. The van der Waals surface area contributed by atoms with Crippen LogP contribution in [0.25, 0.3) is 0 Å². The van der Waals surface area contributed by atoms with Gasteiger partial charge in [0.1, 0.15) is 5.82 Å². The van der Waals surface area contributed by atoms with E-state index >= 15 is 0 Å². The summed E-state index contributed by atoms with van der Waals surface area (Å²) in [7, 11) is 0. The van der Waals surface area contributed by atoms with Crippen LogP contribution < -0.4 is 10.6 Å². The summed E-state index contributed by atoms with van der Waals surface area (Å²) in [5, 5.41) is 5.58. The highest BCUT2D eigenvalue weighted by Gasteiger charge is 2.22. The first-order valence-electron chi connectivity index (χ1n) is 7.67. The van der Waals surface area contributed by atoms with Crippen molar-refractivity contribution in [1.82, 2.24) is 5.32 Å². The molecule has 0 aliphatic carbocycles. The van der Waals surface area contributed by atoms with E-state index in [0.29, 0.717) is 18.5 Å². The van der Waals surface area contributed by atoms with Crippen LogP contribution in [0.5, 0.6) is 0 Å². The molecule has 1 heterocycles. The fourth-order valence-electron chi connectivity index (χ4n) is 2.46. The number of rotatable bonds is 4. The molecule has 124 valence electrons. The van der Waals surface area contributed by atoms with Crippen LogP contribution in [0.3, 0.4) is 0 Å². The van der Waals surface area contributed by atoms with Gasteiger partial charge >= 0.3 is 0 Å². The van der Waals surface area contributed by atoms with Gasteiger partial charge in [0.05, 0.1) is 10.9 Å². The van der Waals surface area contributed by atoms with Gasteiger partial charge in [0, 0.05) is 17.0 Å². The van der Waals surface area contributed by atoms with E-state index in [2.05, 4.69) is 10.6 Å². The first-order valence-corrected chi connectivity index (χ1v) is 8.55. The van der Waals surface area contributed by atoms with Crippen LogP contribution in [-0.2, 0) is 11.2 Å². The van der Waals surface area contributed by atoms with Crippen molar-refractivity contribution in [3.05, 3.63) is 59.4 Å². The van der Waals surface area contributed by atoms with E-state index in [4.69, 9.17) is 0 Å². The standard InChI is InChI=1S/C18H17FN2O2S/c1-11-17(22)21-15-9-12(5-6-16(15)24-11)7-8-20-18(23)13-3-2-4-14(19)10-13/h2-6,9-11H,7-8H2,1H3,(H,20,23)(H,21,22). The van der Waals surface area contributed by atoms with Gasteiger partial charge in [-0.15, -0.1) is 11.8 Å². The Hall–Kier alpha value is -2.34. The normalized spacial score (nSPS) is 16.2. The van der Waals surface area contributed by atoms with Crippen LogP contribution in [0.2, 0.25) is 0 Å². The SMILES string of the molecule is CC1Sc2ccc(CCNC(=O)c3cccc(F)c3)cc2NC1=O. The molecule has 1 aliphatic rings. The molecule has 0 bridgehead atoms. The van der Waals surface area contributed by atoms with E-state index in [9.17, 15) is 14.0 Å². The fourth-order valence-corrected chi connectivity index (χ4v) is 3.39. The number of halogens is 1. The smallest absolute Gasteiger partial charge is 0.251 e. The number of anilines is 1. The van der Waals surface area contributed by atoms with Crippen LogP contribution in [0.1, 0.15) is 22.8 Å². The molecule has 1 aliphatic heterocycles. The molecule has 2 N–H and O–H groups in total. The molecule has 2 aromatic rings. The molecule has 6 heteroatoms. The number of hydrogen-bond donors (Lipinski definition) is 2. The lowest BCUT2D eigenvalue weighted by molar-refractivity contribution is -0.115. The summed E-state index contributed by atoms with van der Waals surface area (Å²) in [4.78, 5) is 24.7. The van der Waals surface area contributed by atoms with Gasteiger partial charge in [-0.3, -0.25) is 9.59 Å². The summed E-state index contributed by atoms with van der Waals surface area (Å²) >= 11 is 1.54. The van der Waals surface area contributed by atoms with Gasteiger partial charge < -0.3 is 10.6 Å². The van der Waals surface area contributed by atoms with E-state index in [1.165, 1.54) is 30.0 Å². The van der Waals surface area contributed by atoms with Crippen molar-refractivity contribution >= 4 is 29.3 Å². The zero-order valence-electron chi connectivity index (χ0n) is 13.1. The van der Waals surface area contributed by atoms with Gasteiger partial charge in [-0.05, 0) is 49.2 Å². The first kappa shape index (κ1) is 16.5. The number of carbonyl (C=O) groups excluding carboxylic acids is 2. The van der Waals surface area contributed by atoms with Crippen molar-refractivity contribution in [2.75, 3.05) is 11.9 Å². The third kappa shape index (κ3) is 3.76. The molecule has 0 saturated heterocycles. The molecule has 0 spiro atoms. The van der Waals surface area contributed by atoms with Gasteiger partial charge in [-0.1, -0.05) is 12.1 Å². The zero-order chi connectivity index (χ0) is 17.1. The largest absolute Gasteiger partial charge is 0.352 e. The van der Waals surface area contributed by atoms with Gasteiger partial charge in [-0.2, -0.15) is 0 Å². The van der Waals surface area contributed by atoms with Crippen molar-refractivity contribution in [3.8, 4) is 0 Å². The summed E-state index contributed by atoms with van der Waals surface area (Å²) in [5.41, 5.74) is 2.14. The average molecular weight is 344 g/mol. The number of amides is 2. The van der Waals surface area contributed by atoms with Gasteiger partial charge in [-0.25, -0.2) is 4.39 Å². The molecule has 1 unspecified atom stereocenters. The monoisotopic (exact) mass is 344 g/mol. The maximum absolute atomic E-state index is 13.1. The number of thioether (sulfide) groups is 1. The Balaban J connectivity index is 1.58. The molecule has 0 saturated carbocycles. The predicted molar refractivity (Wildman–Crippen MR) is 92.8 cm³/mol. The Bertz CT molecular complexity index is 794. The van der Waals surface area contributed by atoms with E-state index in [0.717, 1.165) is 16.1 Å². The molecule has 3 rings (SSSR count). The van der Waals surface area contributed by atoms with Crippen LogP contribution in [0, 0.1) is 5.82 Å². The summed E-state index contributed by atoms with van der Waals surface area (Å²) in [6, 6.07) is 11.5. The molecule has 4 nitrogen and oxygen atoms in total. The van der Waals surface area contributed by atoms with Crippen molar-refractivity contribution in [2.24, 2.45) is 0 Å². The highest BCUT2D eigenvalue weighted by atomic mass is 32.2. The lowest BCUT2D eigenvalue weighted by Crippen LogP contribution is -2.27. The maximum Gasteiger partial charge on any atom is 0.251 e. The molecular formula is C18H17FN2O2S. The van der Waals surface area contributed by atoms with Gasteiger partial charge in [0.25, 0.3) is 5.91 Å². The second-order valence-electron chi connectivity index (χ2n) is 5.60. The highest BCUT2D eigenvalue weighted by molar-refractivity contribution is 8.00. The van der Waals surface area contributed by atoms with E-state index in [1.54, 1.807) is 6.07 Å². The molecular weight excluding hydrogens is 327 g/mol. The quantitative estimate of drug-likeness (QED) is 0.895. The molecule has 0 aromatic heterocycles. The number of fused-ring (bicyclic) bond motifs is 1. The number of hydrogen-bond acceptors (Lipinski definition) is 3. The first-order chi connectivity index (χ1) is 11.5.